The van der Waals surface area contributed by atoms with Crippen LogP contribution >= 0.6 is 0 Å². The molecule has 1 aromatic carbocycles. The Morgan fingerprint density at radius 2 is 1.73 bits per heavy atom. The summed E-state index contributed by atoms with van der Waals surface area (Å²) in [6, 6.07) is 8.72. The van der Waals surface area contributed by atoms with Gasteiger partial charge in [-0.2, -0.15) is 0 Å². The van der Waals surface area contributed by atoms with Crippen molar-refractivity contribution in [2.45, 2.75) is 31.6 Å². The molecule has 0 unspecified atom stereocenters. The van der Waals surface area contributed by atoms with Crippen LogP contribution in [0.3, 0.4) is 0 Å². The quantitative estimate of drug-likeness (QED) is 0.721. The van der Waals surface area contributed by atoms with Crippen molar-refractivity contribution >= 4 is 21.7 Å². The predicted octanol–water partition coefficient (Wildman–Crippen LogP) is 2.08. The van der Waals surface area contributed by atoms with Crippen LogP contribution in [0.2, 0.25) is 0 Å². The summed E-state index contributed by atoms with van der Waals surface area (Å²) < 4.78 is 27.1. The summed E-state index contributed by atoms with van der Waals surface area (Å²) in [6.07, 6.45) is 2.37. The van der Waals surface area contributed by atoms with E-state index in [0.717, 1.165) is 24.5 Å². The van der Waals surface area contributed by atoms with Gasteiger partial charge in [0.25, 0.3) is 0 Å². The molecule has 0 saturated carbocycles. The van der Waals surface area contributed by atoms with Crippen LogP contribution in [0.15, 0.2) is 35.2 Å². The molecule has 0 radical (unpaired) electrons. The van der Waals surface area contributed by atoms with Crippen molar-refractivity contribution in [1.29, 1.82) is 0 Å². The van der Waals surface area contributed by atoms with Gasteiger partial charge in [-0.25, -0.2) is 23.1 Å². The Bertz CT molecular complexity index is 846. The van der Waals surface area contributed by atoms with Crippen LogP contribution in [-0.2, 0) is 10.0 Å². The van der Waals surface area contributed by atoms with Gasteiger partial charge in [0, 0.05) is 32.2 Å². The number of aromatic nitrogens is 2. The van der Waals surface area contributed by atoms with Gasteiger partial charge in [0.05, 0.1) is 4.90 Å². The third kappa shape index (κ3) is 4.70. The first kappa shape index (κ1) is 18.6. The van der Waals surface area contributed by atoms with Crippen molar-refractivity contribution in [2.24, 2.45) is 0 Å². The second-order valence-corrected chi connectivity index (χ2v) is 8.26. The number of aryl methyl sites for hydroxylation is 2. The standard InChI is InChI=1S/C18H25N5O2S/c1-14-5-7-16(8-6-14)26(24,25)20-10-9-19-17-13-18(22-15(2)21-17)23-11-3-4-12-23/h5-8,13,20H,3-4,9-12H2,1-2H3,(H,19,21,22). The fourth-order valence-corrected chi connectivity index (χ4v) is 3.96. The molecule has 26 heavy (non-hydrogen) atoms. The van der Waals surface area contributed by atoms with Gasteiger partial charge in [0.1, 0.15) is 17.5 Å². The smallest absolute Gasteiger partial charge is 0.240 e. The molecule has 2 aromatic rings. The Morgan fingerprint density at radius 3 is 2.42 bits per heavy atom. The minimum absolute atomic E-state index is 0.275. The molecule has 0 bridgehead atoms. The summed E-state index contributed by atoms with van der Waals surface area (Å²) in [5.41, 5.74) is 1.03. The van der Waals surface area contributed by atoms with Crippen LogP contribution in [0.4, 0.5) is 11.6 Å². The molecule has 1 fully saturated rings. The van der Waals surface area contributed by atoms with Gasteiger partial charge in [-0.05, 0) is 38.8 Å². The second kappa shape index (κ2) is 8.01. The fourth-order valence-electron chi connectivity index (χ4n) is 2.93. The molecule has 2 heterocycles. The van der Waals surface area contributed by atoms with E-state index in [0.29, 0.717) is 18.2 Å². The van der Waals surface area contributed by atoms with Gasteiger partial charge >= 0.3 is 0 Å². The number of nitrogens with one attached hydrogen (secondary N) is 2. The molecule has 2 N–H and O–H groups in total. The molecule has 8 heteroatoms. The fraction of sp³-hybridized carbons (Fsp3) is 0.444. The molecule has 1 aliphatic heterocycles. The lowest BCUT2D eigenvalue weighted by Gasteiger charge is -2.17. The number of anilines is 2. The minimum atomic E-state index is -3.49. The van der Waals surface area contributed by atoms with E-state index < -0.39 is 10.0 Å². The molecular weight excluding hydrogens is 350 g/mol. The first-order chi connectivity index (χ1) is 12.4. The molecule has 1 aromatic heterocycles. The van der Waals surface area contributed by atoms with Crippen LogP contribution in [-0.4, -0.2) is 44.6 Å². The molecule has 1 saturated heterocycles. The Kier molecular flexibility index (Phi) is 5.73. The number of hydrogen-bond donors (Lipinski definition) is 2. The third-order valence-corrected chi connectivity index (χ3v) is 5.79. The van der Waals surface area contributed by atoms with E-state index in [4.69, 9.17) is 0 Å². The first-order valence-electron chi connectivity index (χ1n) is 8.85. The number of rotatable bonds is 7. The molecule has 0 atom stereocenters. The average molecular weight is 375 g/mol. The molecule has 0 amide bonds. The molecule has 3 rings (SSSR count). The van der Waals surface area contributed by atoms with Crippen molar-refractivity contribution in [2.75, 3.05) is 36.4 Å². The highest BCUT2D eigenvalue weighted by Crippen LogP contribution is 2.20. The van der Waals surface area contributed by atoms with Crippen LogP contribution in [0.5, 0.6) is 0 Å². The summed E-state index contributed by atoms with van der Waals surface area (Å²) in [4.78, 5) is 11.4. The van der Waals surface area contributed by atoms with Gasteiger partial charge in [-0.15, -0.1) is 0 Å². The van der Waals surface area contributed by atoms with Gasteiger partial charge in [-0.3, -0.25) is 0 Å². The van der Waals surface area contributed by atoms with E-state index in [1.165, 1.54) is 12.8 Å². The maximum absolute atomic E-state index is 12.3. The van der Waals surface area contributed by atoms with Crippen molar-refractivity contribution < 1.29 is 8.42 Å². The lowest BCUT2D eigenvalue weighted by Crippen LogP contribution is -2.29. The summed E-state index contributed by atoms with van der Waals surface area (Å²) in [5, 5.41) is 3.18. The van der Waals surface area contributed by atoms with Crippen molar-refractivity contribution in [3.63, 3.8) is 0 Å². The molecule has 0 aliphatic carbocycles. The Hall–Kier alpha value is -2.19. The maximum atomic E-state index is 12.3. The SMILES string of the molecule is Cc1ccc(S(=O)(=O)NCCNc2cc(N3CCCC3)nc(C)n2)cc1. The Morgan fingerprint density at radius 1 is 1.04 bits per heavy atom. The van der Waals surface area contributed by atoms with Gasteiger partial charge < -0.3 is 10.2 Å². The second-order valence-electron chi connectivity index (χ2n) is 6.49. The van der Waals surface area contributed by atoms with Crippen LogP contribution in [0.1, 0.15) is 24.2 Å². The molecular formula is C18H25N5O2S. The van der Waals surface area contributed by atoms with Crippen LogP contribution in [0.25, 0.3) is 0 Å². The molecule has 1 aliphatic rings. The van der Waals surface area contributed by atoms with Crippen molar-refractivity contribution in [3.05, 3.63) is 41.7 Å². The maximum Gasteiger partial charge on any atom is 0.240 e. The van der Waals surface area contributed by atoms with E-state index >= 15 is 0 Å². The van der Waals surface area contributed by atoms with E-state index in [1.807, 2.05) is 19.9 Å². The highest BCUT2D eigenvalue weighted by Gasteiger charge is 2.15. The number of nitrogens with zero attached hydrogens (tertiary/aromatic N) is 3. The Labute approximate surface area is 154 Å². The predicted molar refractivity (Wildman–Crippen MR) is 103 cm³/mol. The van der Waals surface area contributed by atoms with Crippen molar-refractivity contribution in [3.8, 4) is 0 Å². The summed E-state index contributed by atoms with van der Waals surface area (Å²) in [5.74, 6) is 2.35. The van der Waals surface area contributed by atoms with E-state index in [2.05, 4.69) is 24.9 Å². The first-order valence-corrected chi connectivity index (χ1v) is 10.3. The van der Waals surface area contributed by atoms with Crippen molar-refractivity contribution in [1.82, 2.24) is 14.7 Å². The highest BCUT2D eigenvalue weighted by molar-refractivity contribution is 7.89. The minimum Gasteiger partial charge on any atom is -0.369 e. The number of benzene rings is 1. The number of hydrogen-bond acceptors (Lipinski definition) is 6. The van der Waals surface area contributed by atoms with Crippen LogP contribution < -0.4 is 14.9 Å². The zero-order chi connectivity index (χ0) is 18.6. The van der Waals surface area contributed by atoms with Crippen LogP contribution in [0, 0.1) is 13.8 Å². The number of sulfonamides is 1. The summed E-state index contributed by atoms with van der Waals surface area (Å²) in [6.45, 7) is 6.55. The molecule has 7 nitrogen and oxygen atoms in total. The van der Waals surface area contributed by atoms with E-state index in [-0.39, 0.29) is 11.4 Å². The Balaban J connectivity index is 1.55. The lowest BCUT2D eigenvalue weighted by atomic mass is 10.2. The lowest BCUT2D eigenvalue weighted by molar-refractivity contribution is 0.583. The summed E-state index contributed by atoms with van der Waals surface area (Å²) >= 11 is 0. The van der Waals surface area contributed by atoms with Gasteiger partial charge in [-0.1, -0.05) is 17.7 Å². The average Bonchev–Trinajstić information content (AvgIpc) is 3.13. The van der Waals surface area contributed by atoms with Gasteiger partial charge in [0.2, 0.25) is 10.0 Å². The monoisotopic (exact) mass is 375 g/mol. The topological polar surface area (TPSA) is 87.2 Å². The highest BCUT2D eigenvalue weighted by atomic mass is 32.2. The zero-order valence-corrected chi connectivity index (χ0v) is 16.0. The third-order valence-electron chi connectivity index (χ3n) is 4.31. The van der Waals surface area contributed by atoms with E-state index in [1.54, 1.807) is 24.3 Å². The zero-order valence-electron chi connectivity index (χ0n) is 15.2. The largest absolute Gasteiger partial charge is 0.369 e. The van der Waals surface area contributed by atoms with Gasteiger partial charge in [0.15, 0.2) is 0 Å². The molecule has 0 spiro atoms. The summed E-state index contributed by atoms with van der Waals surface area (Å²) in [7, 11) is -3.49. The van der Waals surface area contributed by atoms with E-state index in [9.17, 15) is 8.42 Å². The normalized spacial score (nSPS) is 14.6. The molecule has 140 valence electrons.